The molecule has 0 bridgehead atoms. The van der Waals surface area contributed by atoms with E-state index in [1.807, 2.05) is 0 Å². The van der Waals surface area contributed by atoms with E-state index in [1.54, 1.807) is 19.1 Å². The Morgan fingerprint density at radius 2 is 2.16 bits per heavy atom. The molecular weight excluding hydrogens is 249 g/mol. The Labute approximate surface area is 111 Å². The quantitative estimate of drug-likeness (QED) is 0.886. The van der Waals surface area contributed by atoms with Crippen molar-refractivity contribution in [2.75, 3.05) is 26.2 Å². The number of aliphatic carboxylic acids is 1. The summed E-state index contributed by atoms with van der Waals surface area (Å²) in [4.78, 5) is 13.2. The molecule has 0 spiro atoms. The van der Waals surface area contributed by atoms with Crippen LogP contribution in [0.2, 0.25) is 0 Å². The van der Waals surface area contributed by atoms with E-state index in [0.717, 1.165) is 6.54 Å². The van der Waals surface area contributed by atoms with Gasteiger partial charge >= 0.3 is 5.97 Å². The van der Waals surface area contributed by atoms with Crippen molar-refractivity contribution < 1.29 is 19.0 Å². The number of likely N-dealkylation sites (tertiary alicyclic amines) is 1. The third-order valence-electron chi connectivity index (χ3n) is 3.56. The molecule has 0 saturated carbocycles. The molecule has 1 unspecified atom stereocenters. The molecule has 1 aliphatic heterocycles. The first-order valence-corrected chi connectivity index (χ1v) is 6.34. The lowest BCUT2D eigenvalue weighted by Gasteiger charge is -2.20. The maximum Gasteiger partial charge on any atom is 0.310 e. The van der Waals surface area contributed by atoms with Gasteiger partial charge in [-0.2, -0.15) is 0 Å². The van der Waals surface area contributed by atoms with E-state index in [4.69, 9.17) is 9.84 Å². The van der Waals surface area contributed by atoms with Gasteiger partial charge in [0.2, 0.25) is 0 Å². The van der Waals surface area contributed by atoms with E-state index < -0.39 is 11.4 Å². The van der Waals surface area contributed by atoms with Crippen LogP contribution in [-0.4, -0.2) is 42.2 Å². The minimum atomic E-state index is -0.741. The van der Waals surface area contributed by atoms with Crippen molar-refractivity contribution in [1.82, 2.24) is 4.90 Å². The van der Waals surface area contributed by atoms with Crippen molar-refractivity contribution in [2.24, 2.45) is 5.41 Å². The van der Waals surface area contributed by atoms with Gasteiger partial charge in [0.25, 0.3) is 0 Å². The van der Waals surface area contributed by atoms with E-state index >= 15 is 0 Å². The van der Waals surface area contributed by atoms with Crippen LogP contribution in [0.3, 0.4) is 0 Å². The van der Waals surface area contributed by atoms with Crippen LogP contribution in [0, 0.1) is 11.2 Å². The number of rotatable bonds is 5. The van der Waals surface area contributed by atoms with Gasteiger partial charge in [-0.1, -0.05) is 0 Å². The summed E-state index contributed by atoms with van der Waals surface area (Å²) in [6.07, 6.45) is 0.666. The molecule has 0 aliphatic carbocycles. The Bertz CT molecular complexity index is 449. The summed E-state index contributed by atoms with van der Waals surface area (Å²) in [6, 6.07) is 5.88. The molecule has 1 N–H and O–H groups in total. The molecule has 1 heterocycles. The van der Waals surface area contributed by atoms with Gasteiger partial charge in [-0.25, -0.2) is 4.39 Å². The molecule has 1 saturated heterocycles. The molecular formula is C14H18FNO3. The number of nitrogens with zero attached hydrogens (tertiary/aromatic N) is 1. The predicted molar refractivity (Wildman–Crippen MR) is 68.7 cm³/mol. The first-order valence-electron chi connectivity index (χ1n) is 6.34. The minimum Gasteiger partial charge on any atom is -0.492 e. The van der Waals surface area contributed by atoms with Crippen molar-refractivity contribution in [2.45, 2.75) is 13.3 Å². The summed E-state index contributed by atoms with van der Waals surface area (Å²) in [5, 5.41) is 9.13. The van der Waals surface area contributed by atoms with Crippen molar-refractivity contribution in [1.29, 1.82) is 0 Å². The van der Waals surface area contributed by atoms with Crippen LogP contribution in [0.4, 0.5) is 4.39 Å². The van der Waals surface area contributed by atoms with Gasteiger partial charge in [0.05, 0.1) is 5.41 Å². The summed E-state index contributed by atoms with van der Waals surface area (Å²) in [5.74, 6) is -0.403. The lowest BCUT2D eigenvalue weighted by molar-refractivity contribution is -0.147. The molecule has 0 aromatic heterocycles. The second-order valence-corrected chi connectivity index (χ2v) is 5.19. The van der Waals surface area contributed by atoms with E-state index in [0.29, 0.717) is 31.9 Å². The topological polar surface area (TPSA) is 49.8 Å². The predicted octanol–water partition coefficient (Wildman–Crippen LogP) is 2.00. The lowest BCUT2D eigenvalue weighted by atomic mass is 9.90. The zero-order valence-corrected chi connectivity index (χ0v) is 10.9. The summed E-state index contributed by atoms with van der Waals surface area (Å²) in [7, 11) is 0. The van der Waals surface area contributed by atoms with E-state index in [-0.39, 0.29) is 5.82 Å². The Balaban J connectivity index is 1.75. The standard InChI is InChI=1S/C14H18FNO3/c1-14(13(17)18)6-7-16(10-14)8-9-19-12-4-2-11(15)3-5-12/h2-5H,6-10H2,1H3,(H,17,18). The van der Waals surface area contributed by atoms with Crippen molar-refractivity contribution in [3.63, 3.8) is 0 Å². The summed E-state index contributed by atoms with van der Waals surface area (Å²) < 4.78 is 18.2. The zero-order chi connectivity index (χ0) is 13.9. The van der Waals surface area contributed by atoms with Crippen molar-refractivity contribution >= 4 is 5.97 Å². The summed E-state index contributed by atoms with van der Waals surface area (Å²) >= 11 is 0. The molecule has 1 fully saturated rings. The van der Waals surface area contributed by atoms with Crippen molar-refractivity contribution in [3.05, 3.63) is 30.1 Å². The third kappa shape index (κ3) is 3.44. The molecule has 5 heteroatoms. The normalized spacial score (nSPS) is 23.5. The van der Waals surface area contributed by atoms with Crippen LogP contribution in [0.5, 0.6) is 5.75 Å². The number of carboxylic acid groups (broad SMARTS) is 1. The SMILES string of the molecule is CC1(C(=O)O)CCN(CCOc2ccc(F)cc2)C1. The fourth-order valence-electron chi connectivity index (χ4n) is 2.25. The Morgan fingerprint density at radius 3 is 2.74 bits per heavy atom. The highest BCUT2D eigenvalue weighted by Gasteiger charge is 2.40. The van der Waals surface area contributed by atoms with E-state index in [2.05, 4.69) is 4.90 Å². The van der Waals surface area contributed by atoms with Crippen LogP contribution in [0.25, 0.3) is 0 Å². The maximum absolute atomic E-state index is 12.7. The Hall–Kier alpha value is -1.62. The lowest BCUT2D eigenvalue weighted by Crippen LogP contribution is -2.33. The van der Waals surface area contributed by atoms with Crippen LogP contribution < -0.4 is 4.74 Å². The Kier molecular flexibility index (Phi) is 4.04. The van der Waals surface area contributed by atoms with Crippen LogP contribution in [0.15, 0.2) is 24.3 Å². The van der Waals surface area contributed by atoms with Crippen LogP contribution in [-0.2, 0) is 4.79 Å². The Morgan fingerprint density at radius 1 is 1.47 bits per heavy atom. The number of halogens is 1. The fraction of sp³-hybridized carbons (Fsp3) is 0.500. The summed E-state index contributed by atoms with van der Waals surface area (Å²) in [5.41, 5.74) is -0.643. The molecule has 1 aliphatic rings. The number of hydrogen-bond acceptors (Lipinski definition) is 3. The molecule has 0 radical (unpaired) electrons. The number of hydrogen-bond donors (Lipinski definition) is 1. The highest BCUT2D eigenvalue weighted by atomic mass is 19.1. The van der Waals surface area contributed by atoms with Crippen LogP contribution >= 0.6 is 0 Å². The number of carboxylic acids is 1. The molecule has 1 atom stereocenters. The van der Waals surface area contributed by atoms with Gasteiger partial charge in [0.1, 0.15) is 18.2 Å². The average molecular weight is 267 g/mol. The fourth-order valence-corrected chi connectivity index (χ4v) is 2.25. The molecule has 4 nitrogen and oxygen atoms in total. The molecule has 19 heavy (non-hydrogen) atoms. The van der Waals surface area contributed by atoms with E-state index in [9.17, 15) is 9.18 Å². The first kappa shape index (κ1) is 13.8. The number of benzene rings is 1. The third-order valence-corrected chi connectivity index (χ3v) is 3.56. The van der Waals surface area contributed by atoms with Gasteiger partial charge in [-0.15, -0.1) is 0 Å². The smallest absolute Gasteiger partial charge is 0.310 e. The monoisotopic (exact) mass is 267 g/mol. The summed E-state index contributed by atoms with van der Waals surface area (Å²) in [6.45, 7) is 4.25. The van der Waals surface area contributed by atoms with Crippen LogP contribution in [0.1, 0.15) is 13.3 Å². The van der Waals surface area contributed by atoms with Gasteiger partial charge in [-0.05, 0) is 44.2 Å². The molecule has 104 valence electrons. The number of carbonyl (C=O) groups is 1. The van der Waals surface area contributed by atoms with Gasteiger partial charge in [0.15, 0.2) is 0 Å². The van der Waals surface area contributed by atoms with Gasteiger partial charge in [0, 0.05) is 13.1 Å². The van der Waals surface area contributed by atoms with Gasteiger partial charge in [-0.3, -0.25) is 9.69 Å². The maximum atomic E-state index is 12.7. The zero-order valence-electron chi connectivity index (χ0n) is 10.9. The van der Waals surface area contributed by atoms with E-state index in [1.165, 1.54) is 12.1 Å². The highest BCUT2D eigenvalue weighted by molar-refractivity contribution is 5.74. The second-order valence-electron chi connectivity index (χ2n) is 5.19. The molecule has 2 rings (SSSR count). The molecule has 1 aromatic rings. The minimum absolute atomic E-state index is 0.288. The number of ether oxygens (including phenoxy) is 1. The highest BCUT2D eigenvalue weighted by Crippen LogP contribution is 2.29. The van der Waals surface area contributed by atoms with Gasteiger partial charge < -0.3 is 9.84 Å². The molecule has 0 amide bonds. The first-order chi connectivity index (χ1) is 8.99. The molecule has 1 aromatic carbocycles. The largest absolute Gasteiger partial charge is 0.492 e. The average Bonchev–Trinajstić information content (AvgIpc) is 2.75. The van der Waals surface area contributed by atoms with Crippen molar-refractivity contribution in [3.8, 4) is 5.75 Å². The second kappa shape index (κ2) is 5.57.